The van der Waals surface area contributed by atoms with E-state index in [4.69, 9.17) is 0 Å². The Balaban J connectivity index is 2.28. The third kappa shape index (κ3) is 2.99. The number of halogens is 2. The molecule has 1 heterocycles. The maximum atomic E-state index is 13.3. The molecule has 2 rings (SSSR count). The Morgan fingerprint density at radius 2 is 1.95 bits per heavy atom. The van der Waals surface area contributed by atoms with Gasteiger partial charge in [0.05, 0.1) is 6.04 Å². The Bertz CT molecular complexity index is 728. The van der Waals surface area contributed by atoms with E-state index in [-0.39, 0.29) is 5.56 Å². The lowest BCUT2D eigenvalue weighted by atomic mass is 10.1. The molecule has 21 heavy (non-hydrogen) atoms. The first kappa shape index (κ1) is 14.9. The van der Waals surface area contributed by atoms with Gasteiger partial charge in [0.1, 0.15) is 5.56 Å². The molecule has 0 fully saturated rings. The third-order valence-electron chi connectivity index (χ3n) is 3.38. The van der Waals surface area contributed by atoms with Crippen LogP contribution in [0, 0.1) is 11.6 Å². The van der Waals surface area contributed by atoms with Crippen molar-refractivity contribution in [1.29, 1.82) is 0 Å². The molecule has 110 valence electrons. The van der Waals surface area contributed by atoms with Crippen molar-refractivity contribution in [2.45, 2.75) is 13.0 Å². The zero-order valence-corrected chi connectivity index (χ0v) is 11.6. The van der Waals surface area contributed by atoms with Crippen molar-refractivity contribution < 1.29 is 13.6 Å². The molecule has 1 N–H and O–H groups in total. The van der Waals surface area contributed by atoms with Crippen LogP contribution in [-0.2, 0) is 0 Å². The van der Waals surface area contributed by atoms with Crippen molar-refractivity contribution in [3.8, 4) is 0 Å². The molecule has 1 aromatic heterocycles. The number of aromatic nitrogens is 1. The topological polar surface area (TPSA) is 53.2 Å². The number of H-pyrrole nitrogens is 1. The number of carbonyl (C=O) groups excluding carboxylic acids is 1. The molecule has 0 aliphatic carbocycles. The average Bonchev–Trinajstić information content (AvgIpc) is 2.48. The number of amides is 1. The molecule has 1 unspecified atom stereocenters. The van der Waals surface area contributed by atoms with Crippen molar-refractivity contribution in [3.05, 3.63) is 69.6 Å². The van der Waals surface area contributed by atoms with Gasteiger partial charge in [-0.3, -0.25) is 9.59 Å². The van der Waals surface area contributed by atoms with Gasteiger partial charge in [0.25, 0.3) is 5.91 Å². The van der Waals surface area contributed by atoms with Gasteiger partial charge in [0.15, 0.2) is 17.1 Å². The van der Waals surface area contributed by atoms with E-state index >= 15 is 0 Å². The number of nitrogens with one attached hydrogen (secondary N) is 1. The molecule has 6 heteroatoms. The fourth-order valence-electron chi connectivity index (χ4n) is 1.95. The molecule has 2 aromatic rings. The normalized spacial score (nSPS) is 12.0. The van der Waals surface area contributed by atoms with Gasteiger partial charge >= 0.3 is 0 Å². The monoisotopic (exact) mass is 292 g/mol. The van der Waals surface area contributed by atoms with E-state index in [2.05, 4.69) is 4.98 Å². The van der Waals surface area contributed by atoms with Gasteiger partial charge in [0, 0.05) is 25.5 Å². The Hall–Kier alpha value is -2.50. The highest BCUT2D eigenvalue weighted by Crippen LogP contribution is 2.21. The minimum atomic E-state index is -0.974. The summed E-state index contributed by atoms with van der Waals surface area (Å²) in [6.07, 6.45) is 2.75. The summed E-state index contributed by atoms with van der Waals surface area (Å²) < 4.78 is 26.2. The van der Waals surface area contributed by atoms with Gasteiger partial charge in [-0.25, -0.2) is 8.78 Å². The van der Waals surface area contributed by atoms with Crippen molar-refractivity contribution in [3.63, 3.8) is 0 Å². The van der Waals surface area contributed by atoms with Crippen molar-refractivity contribution in [2.75, 3.05) is 7.05 Å². The molecule has 4 nitrogen and oxygen atoms in total. The Kier molecular flexibility index (Phi) is 4.16. The predicted octanol–water partition coefficient (Wildman–Crippen LogP) is 2.49. The number of rotatable bonds is 3. The molecule has 1 amide bonds. The number of hydrogen-bond donors (Lipinski definition) is 1. The average molecular weight is 292 g/mol. The van der Waals surface area contributed by atoms with Gasteiger partial charge in [0.2, 0.25) is 0 Å². The SMILES string of the molecule is CC(c1ccc(F)c(F)c1)N(C)C(=O)c1c[nH]ccc1=O. The molecule has 0 radical (unpaired) electrons. The second-order valence-electron chi connectivity index (χ2n) is 4.69. The summed E-state index contributed by atoms with van der Waals surface area (Å²) in [5.41, 5.74) is 0.0367. The molecule has 0 aliphatic heterocycles. The number of pyridine rings is 1. The fraction of sp³-hybridized carbons (Fsp3) is 0.200. The van der Waals surface area contributed by atoms with Gasteiger partial charge < -0.3 is 9.88 Å². The minimum absolute atomic E-state index is 0.00515. The van der Waals surface area contributed by atoms with Crippen LogP contribution in [0.5, 0.6) is 0 Å². The summed E-state index contributed by atoms with van der Waals surface area (Å²) in [6.45, 7) is 1.67. The van der Waals surface area contributed by atoms with Crippen LogP contribution < -0.4 is 5.43 Å². The summed E-state index contributed by atoms with van der Waals surface area (Å²) in [5, 5.41) is 0. The van der Waals surface area contributed by atoms with Crippen LogP contribution in [0.15, 0.2) is 41.5 Å². The minimum Gasteiger partial charge on any atom is -0.367 e. The highest BCUT2D eigenvalue weighted by atomic mass is 19.2. The molecule has 0 spiro atoms. The maximum absolute atomic E-state index is 13.3. The molecule has 0 bridgehead atoms. The zero-order chi connectivity index (χ0) is 15.6. The smallest absolute Gasteiger partial charge is 0.259 e. The van der Waals surface area contributed by atoms with Crippen LogP contribution in [0.1, 0.15) is 28.9 Å². The van der Waals surface area contributed by atoms with Crippen LogP contribution >= 0.6 is 0 Å². The van der Waals surface area contributed by atoms with Gasteiger partial charge in [-0.2, -0.15) is 0 Å². The number of nitrogens with zero attached hydrogens (tertiary/aromatic N) is 1. The molecule has 1 aromatic carbocycles. The molecule has 0 saturated carbocycles. The highest BCUT2D eigenvalue weighted by Gasteiger charge is 2.21. The summed E-state index contributed by atoms with van der Waals surface area (Å²) in [4.78, 5) is 27.9. The second-order valence-corrected chi connectivity index (χ2v) is 4.69. The lowest BCUT2D eigenvalue weighted by molar-refractivity contribution is 0.0740. The molecular formula is C15H14F2N2O2. The fourth-order valence-corrected chi connectivity index (χ4v) is 1.95. The van der Waals surface area contributed by atoms with E-state index in [1.165, 1.54) is 36.5 Å². The molecule has 0 aliphatic rings. The van der Waals surface area contributed by atoms with E-state index in [0.717, 1.165) is 12.1 Å². The van der Waals surface area contributed by atoms with E-state index in [9.17, 15) is 18.4 Å². The summed E-state index contributed by atoms with van der Waals surface area (Å²) in [5.74, 6) is -2.41. The van der Waals surface area contributed by atoms with E-state index in [0.29, 0.717) is 5.56 Å². The number of hydrogen-bond acceptors (Lipinski definition) is 2. The van der Waals surface area contributed by atoms with Crippen molar-refractivity contribution in [1.82, 2.24) is 9.88 Å². The van der Waals surface area contributed by atoms with Crippen LogP contribution in [0.3, 0.4) is 0 Å². The summed E-state index contributed by atoms with van der Waals surface area (Å²) in [6, 6.07) is 4.20. The second kappa shape index (κ2) is 5.87. The van der Waals surface area contributed by atoms with Gasteiger partial charge in [-0.1, -0.05) is 6.07 Å². The predicted molar refractivity (Wildman–Crippen MR) is 73.9 cm³/mol. The van der Waals surface area contributed by atoms with Crippen LogP contribution in [0.4, 0.5) is 8.78 Å². The van der Waals surface area contributed by atoms with Crippen LogP contribution in [-0.4, -0.2) is 22.8 Å². The Morgan fingerprint density at radius 3 is 2.57 bits per heavy atom. The van der Waals surface area contributed by atoms with Crippen LogP contribution in [0.25, 0.3) is 0 Å². The standard InChI is InChI=1S/C15H14F2N2O2/c1-9(10-3-4-12(16)13(17)7-10)19(2)15(21)11-8-18-6-5-14(11)20/h3-9H,1-2H3,(H,18,20). The third-order valence-corrected chi connectivity index (χ3v) is 3.38. The van der Waals surface area contributed by atoms with Crippen molar-refractivity contribution >= 4 is 5.91 Å². The first-order valence-electron chi connectivity index (χ1n) is 6.31. The lowest BCUT2D eigenvalue weighted by Crippen LogP contribution is -2.33. The van der Waals surface area contributed by atoms with Gasteiger partial charge in [-0.05, 0) is 24.6 Å². The van der Waals surface area contributed by atoms with E-state index in [1.54, 1.807) is 6.92 Å². The van der Waals surface area contributed by atoms with E-state index in [1.807, 2.05) is 0 Å². The molecule has 0 saturated heterocycles. The van der Waals surface area contributed by atoms with Crippen molar-refractivity contribution in [2.24, 2.45) is 0 Å². The zero-order valence-electron chi connectivity index (χ0n) is 11.6. The number of carbonyl (C=O) groups is 1. The summed E-state index contributed by atoms with van der Waals surface area (Å²) in [7, 11) is 1.50. The number of benzene rings is 1. The summed E-state index contributed by atoms with van der Waals surface area (Å²) >= 11 is 0. The molecular weight excluding hydrogens is 278 g/mol. The van der Waals surface area contributed by atoms with E-state index < -0.39 is 29.0 Å². The number of aromatic amines is 1. The Labute approximate surface area is 120 Å². The van der Waals surface area contributed by atoms with Gasteiger partial charge in [-0.15, -0.1) is 0 Å². The first-order chi connectivity index (χ1) is 9.91. The Morgan fingerprint density at radius 1 is 1.24 bits per heavy atom. The van der Waals surface area contributed by atoms with Crippen LogP contribution in [0.2, 0.25) is 0 Å². The quantitative estimate of drug-likeness (QED) is 0.945. The molecule has 1 atom stereocenters. The maximum Gasteiger partial charge on any atom is 0.259 e. The highest BCUT2D eigenvalue weighted by molar-refractivity contribution is 5.93. The first-order valence-corrected chi connectivity index (χ1v) is 6.31. The largest absolute Gasteiger partial charge is 0.367 e. The lowest BCUT2D eigenvalue weighted by Gasteiger charge is -2.25.